The van der Waals surface area contributed by atoms with E-state index in [0.717, 1.165) is 17.7 Å². The quantitative estimate of drug-likeness (QED) is 0.929. The number of para-hydroxylation sites is 1. The molecule has 1 aromatic carbocycles. The van der Waals surface area contributed by atoms with Crippen LogP contribution in [0.1, 0.15) is 24.3 Å². The molecule has 2 atom stereocenters. The van der Waals surface area contributed by atoms with E-state index in [4.69, 9.17) is 9.57 Å². The molecular formula is C15H17F3N2O2. The van der Waals surface area contributed by atoms with E-state index in [1.54, 1.807) is 0 Å². The van der Waals surface area contributed by atoms with Gasteiger partial charge in [-0.1, -0.05) is 23.4 Å². The lowest BCUT2D eigenvalue weighted by atomic mass is 9.93. The van der Waals surface area contributed by atoms with Crippen molar-refractivity contribution in [3.63, 3.8) is 0 Å². The van der Waals surface area contributed by atoms with Crippen LogP contribution < -0.4 is 10.1 Å². The number of halogens is 3. The van der Waals surface area contributed by atoms with E-state index in [9.17, 15) is 13.2 Å². The largest absolute Gasteiger partial charge is 0.493 e. The SMILES string of the molecule is FC(F)(F)C1=NOC(CNCC2CCOc3ccccc32)C1. The smallest absolute Gasteiger partial charge is 0.432 e. The maximum atomic E-state index is 12.5. The lowest BCUT2D eigenvalue weighted by Gasteiger charge is -2.26. The van der Waals surface area contributed by atoms with Crippen LogP contribution in [-0.2, 0) is 4.84 Å². The summed E-state index contributed by atoms with van der Waals surface area (Å²) in [7, 11) is 0. The maximum Gasteiger partial charge on any atom is 0.432 e. The monoisotopic (exact) mass is 314 g/mol. The van der Waals surface area contributed by atoms with Crippen LogP contribution in [0, 0.1) is 0 Å². The molecule has 0 aliphatic carbocycles. The van der Waals surface area contributed by atoms with Gasteiger partial charge in [-0.05, 0) is 18.1 Å². The third-order valence-electron chi connectivity index (χ3n) is 3.91. The van der Waals surface area contributed by atoms with E-state index < -0.39 is 18.0 Å². The van der Waals surface area contributed by atoms with Crippen molar-refractivity contribution in [3.8, 4) is 5.75 Å². The Morgan fingerprint density at radius 3 is 2.82 bits per heavy atom. The van der Waals surface area contributed by atoms with Crippen molar-refractivity contribution >= 4 is 5.71 Å². The zero-order valence-corrected chi connectivity index (χ0v) is 11.9. The third-order valence-corrected chi connectivity index (χ3v) is 3.91. The first-order valence-electron chi connectivity index (χ1n) is 7.26. The number of fused-ring (bicyclic) bond motifs is 1. The average Bonchev–Trinajstić information content (AvgIpc) is 2.97. The van der Waals surface area contributed by atoms with Gasteiger partial charge in [0.25, 0.3) is 0 Å². The number of alkyl halides is 3. The van der Waals surface area contributed by atoms with Crippen molar-refractivity contribution in [2.24, 2.45) is 5.16 Å². The highest BCUT2D eigenvalue weighted by Crippen LogP contribution is 2.32. The summed E-state index contributed by atoms with van der Waals surface area (Å²) in [5.74, 6) is 1.19. The normalized spacial score (nSPS) is 24.2. The van der Waals surface area contributed by atoms with E-state index >= 15 is 0 Å². The Hall–Kier alpha value is -1.76. The van der Waals surface area contributed by atoms with E-state index in [1.807, 2.05) is 24.3 Å². The predicted molar refractivity (Wildman–Crippen MR) is 75.1 cm³/mol. The number of hydrogen-bond donors (Lipinski definition) is 1. The standard InChI is InChI=1S/C15H17F3N2O2/c16-15(17,18)14-7-11(22-20-14)9-19-8-10-5-6-21-13-4-2-1-3-12(10)13/h1-4,10-11,19H,5-9H2. The Balaban J connectivity index is 1.47. The van der Waals surface area contributed by atoms with Gasteiger partial charge in [-0.3, -0.25) is 0 Å². The van der Waals surface area contributed by atoms with Crippen molar-refractivity contribution in [1.29, 1.82) is 0 Å². The number of nitrogens with one attached hydrogen (secondary N) is 1. The molecule has 2 aliphatic rings. The van der Waals surface area contributed by atoms with Gasteiger partial charge in [-0.2, -0.15) is 13.2 Å². The molecule has 22 heavy (non-hydrogen) atoms. The van der Waals surface area contributed by atoms with Gasteiger partial charge in [0.15, 0.2) is 5.71 Å². The molecule has 0 radical (unpaired) electrons. The number of oxime groups is 1. The first-order valence-corrected chi connectivity index (χ1v) is 7.26. The lowest BCUT2D eigenvalue weighted by molar-refractivity contribution is -0.0604. The molecule has 0 spiro atoms. The highest BCUT2D eigenvalue weighted by atomic mass is 19.4. The lowest BCUT2D eigenvalue weighted by Crippen LogP contribution is -2.33. The van der Waals surface area contributed by atoms with Gasteiger partial charge in [0.2, 0.25) is 0 Å². The van der Waals surface area contributed by atoms with Crippen LogP contribution in [0.25, 0.3) is 0 Å². The Labute approximate surface area is 126 Å². The van der Waals surface area contributed by atoms with Crippen LogP contribution in [0.5, 0.6) is 5.75 Å². The van der Waals surface area contributed by atoms with Crippen molar-refractivity contribution in [2.75, 3.05) is 19.7 Å². The first kappa shape index (κ1) is 15.1. The summed E-state index contributed by atoms with van der Waals surface area (Å²) < 4.78 is 43.0. The van der Waals surface area contributed by atoms with Crippen molar-refractivity contribution in [1.82, 2.24) is 5.32 Å². The molecule has 2 unspecified atom stereocenters. The third kappa shape index (κ3) is 3.35. The first-order chi connectivity index (χ1) is 10.5. The summed E-state index contributed by atoms with van der Waals surface area (Å²) in [6, 6.07) is 7.85. The van der Waals surface area contributed by atoms with Crippen LogP contribution >= 0.6 is 0 Å². The molecule has 1 aromatic rings. The highest BCUT2D eigenvalue weighted by Gasteiger charge is 2.41. The van der Waals surface area contributed by atoms with E-state index in [0.29, 0.717) is 25.6 Å². The van der Waals surface area contributed by atoms with E-state index in [-0.39, 0.29) is 6.42 Å². The molecule has 0 amide bonds. The van der Waals surface area contributed by atoms with Crippen molar-refractivity contribution < 1.29 is 22.7 Å². The van der Waals surface area contributed by atoms with Crippen LogP contribution in [0.2, 0.25) is 0 Å². The summed E-state index contributed by atoms with van der Waals surface area (Å²) in [5, 5.41) is 6.31. The maximum absolute atomic E-state index is 12.5. The fraction of sp³-hybridized carbons (Fsp3) is 0.533. The molecular weight excluding hydrogens is 297 g/mol. The molecule has 2 heterocycles. The Kier molecular flexibility index (Phi) is 4.24. The van der Waals surface area contributed by atoms with Gasteiger partial charge in [0.05, 0.1) is 6.61 Å². The van der Waals surface area contributed by atoms with E-state index in [2.05, 4.69) is 10.5 Å². The Morgan fingerprint density at radius 1 is 1.23 bits per heavy atom. The minimum atomic E-state index is -4.39. The number of ether oxygens (including phenoxy) is 1. The molecule has 4 nitrogen and oxygen atoms in total. The topological polar surface area (TPSA) is 42.8 Å². The highest BCUT2D eigenvalue weighted by molar-refractivity contribution is 5.90. The Bertz CT molecular complexity index is 560. The molecule has 1 N–H and O–H groups in total. The predicted octanol–water partition coefficient (Wildman–Crippen LogP) is 2.85. The molecule has 0 saturated carbocycles. The minimum absolute atomic E-state index is 0.194. The zero-order chi connectivity index (χ0) is 15.6. The molecule has 7 heteroatoms. The fourth-order valence-electron chi connectivity index (χ4n) is 2.75. The summed E-state index contributed by atoms with van der Waals surface area (Å²) in [6.45, 7) is 1.69. The minimum Gasteiger partial charge on any atom is -0.493 e. The van der Waals surface area contributed by atoms with Crippen LogP contribution in [0.15, 0.2) is 29.4 Å². The van der Waals surface area contributed by atoms with Crippen molar-refractivity contribution in [3.05, 3.63) is 29.8 Å². The van der Waals surface area contributed by atoms with Gasteiger partial charge in [-0.15, -0.1) is 0 Å². The molecule has 0 aromatic heterocycles. The number of benzene rings is 1. The average molecular weight is 314 g/mol. The zero-order valence-electron chi connectivity index (χ0n) is 11.9. The second kappa shape index (κ2) is 6.16. The van der Waals surface area contributed by atoms with Gasteiger partial charge >= 0.3 is 6.18 Å². The second-order valence-corrected chi connectivity index (χ2v) is 5.50. The molecule has 3 rings (SSSR count). The summed E-state index contributed by atoms with van der Waals surface area (Å²) in [5.41, 5.74) is 0.302. The number of rotatable bonds is 4. The van der Waals surface area contributed by atoms with Crippen LogP contribution in [0.3, 0.4) is 0 Å². The van der Waals surface area contributed by atoms with Crippen molar-refractivity contribution in [2.45, 2.75) is 31.0 Å². The summed E-state index contributed by atoms with van der Waals surface area (Å²) >= 11 is 0. The molecule has 0 saturated heterocycles. The molecule has 2 aliphatic heterocycles. The molecule has 0 fully saturated rings. The number of hydrogen-bond acceptors (Lipinski definition) is 4. The molecule has 120 valence electrons. The second-order valence-electron chi connectivity index (χ2n) is 5.50. The Morgan fingerprint density at radius 2 is 2.05 bits per heavy atom. The van der Waals surface area contributed by atoms with Crippen LogP contribution in [-0.4, -0.2) is 37.7 Å². The van der Waals surface area contributed by atoms with Crippen LogP contribution in [0.4, 0.5) is 13.2 Å². The summed E-state index contributed by atoms with van der Waals surface area (Å²) in [4.78, 5) is 4.83. The summed E-state index contributed by atoms with van der Waals surface area (Å²) in [6.07, 6.45) is -4.25. The number of nitrogens with zero attached hydrogens (tertiary/aromatic N) is 1. The van der Waals surface area contributed by atoms with Gasteiger partial charge in [-0.25, -0.2) is 0 Å². The van der Waals surface area contributed by atoms with Gasteiger partial charge < -0.3 is 14.9 Å². The van der Waals surface area contributed by atoms with Gasteiger partial charge in [0.1, 0.15) is 11.9 Å². The fourth-order valence-corrected chi connectivity index (χ4v) is 2.75. The van der Waals surface area contributed by atoms with Gasteiger partial charge in [0, 0.05) is 25.4 Å². The molecule has 0 bridgehead atoms. The van der Waals surface area contributed by atoms with E-state index in [1.165, 1.54) is 0 Å².